The lowest BCUT2D eigenvalue weighted by atomic mass is 9.81. The number of thioether (sulfide) groups is 1. The van der Waals surface area contributed by atoms with E-state index in [4.69, 9.17) is 0 Å². The average molecular weight is 332 g/mol. The first-order valence-electron chi connectivity index (χ1n) is 7.24. The monoisotopic (exact) mass is 332 g/mol. The third kappa shape index (κ3) is 3.61. The smallest absolute Gasteiger partial charge is 0.226 e. The Bertz CT molecular complexity index is 457. The van der Waals surface area contributed by atoms with Gasteiger partial charge < -0.3 is 20.8 Å². The van der Waals surface area contributed by atoms with Crippen LogP contribution in [0.4, 0.5) is 0 Å². The molecule has 2 amide bonds. The lowest BCUT2D eigenvalue weighted by molar-refractivity contribution is -0.131. The van der Waals surface area contributed by atoms with E-state index in [0.29, 0.717) is 12.3 Å². The van der Waals surface area contributed by atoms with Gasteiger partial charge in [-0.2, -0.15) is 0 Å². The maximum absolute atomic E-state index is 12.6. The quantitative estimate of drug-likeness (QED) is 0.476. The van der Waals surface area contributed by atoms with E-state index >= 15 is 0 Å². The molecule has 0 aromatic rings. The first-order chi connectivity index (χ1) is 10.1. The van der Waals surface area contributed by atoms with E-state index in [1.165, 1.54) is 13.8 Å². The second-order valence-corrected chi connectivity index (χ2v) is 6.97. The van der Waals surface area contributed by atoms with Crippen LogP contribution in [0.15, 0.2) is 0 Å². The zero-order valence-electron chi connectivity index (χ0n) is 13.3. The summed E-state index contributed by atoms with van der Waals surface area (Å²) in [6.07, 6.45) is -2.49. The van der Waals surface area contributed by atoms with Crippen molar-refractivity contribution >= 4 is 28.7 Å². The Morgan fingerprint density at radius 1 is 1.45 bits per heavy atom. The number of amides is 2. The number of rotatable bonds is 6. The largest absolute Gasteiger partial charge is 0.390 e. The Kier molecular flexibility index (Phi) is 6.39. The normalized spacial score (nSPS) is 29.3. The summed E-state index contributed by atoms with van der Waals surface area (Å²) in [6, 6.07) is 0. The Morgan fingerprint density at radius 3 is 2.45 bits per heavy atom. The van der Waals surface area contributed by atoms with Crippen LogP contribution in [-0.2, 0) is 14.4 Å². The van der Waals surface area contributed by atoms with Crippen LogP contribution >= 0.6 is 11.8 Å². The zero-order chi connectivity index (χ0) is 17.1. The molecule has 22 heavy (non-hydrogen) atoms. The third-order valence-electron chi connectivity index (χ3n) is 3.83. The molecule has 4 atom stereocenters. The van der Waals surface area contributed by atoms with Gasteiger partial charge in [-0.05, 0) is 5.92 Å². The van der Waals surface area contributed by atoms with E-state index in [2.05, 4.69) is 10.6 Å². The van der Waals surface area contributed by atoms with Gasteiger partial charge in [-0.3, -0.25) is 14.4 Å². The number of carbonyl (C=O) groups is 3. The lowest BCUT2D eigenvalue weighted by Crippen LogP contribution is -2.64. The predicted octanol–water partition coefficient (Wildman–Crippen LogP) is -0.735. The van der Waals surface area contributed by atoms with Crippen LogP contribution in [0.1, 0.15) is 27.7 Å². The van der Waals surface area contributed by atoms with Crippen LogP contribution < -0.4 is 10.6 Å². The molecule has 126 valence electrons. The van der Waals surface area contributed by atoms with Crippen molar-refractivity contribution in [1.29, 1.82) is 0 Å². The van der Waals surface area contributed by atoms with Gasteiger partial charge in [-0.1, -0.05) is 32.5 Å². The summed E-state index contributed by atoms with van der Waals surface area (Å²) in [7, 11) is 0. The second-order valence-electron chi connectivity index (χ2n) is 5.90. The van der Waals surface area contributed by atoms with Crippen LogP contribution in [0.3, 0.4) is 0 Å². The summed E-state index contributed by atoms with van der Waals surface area (Å²) in [5.41, 5.74) is -1.70. The molecule has 1 aliphatic heterocycles. The first-order valence-corrected chi connectivity index (χ1v) is 8.23. The highest BCUT2D eigenvalue weighted by Crippen LogP contribution is 2.35. The number of aliphatic hydroxyl groups excluding tert-OH is 2. The summed E-state index contributed by atoms with van der Waals surface area (Å²) >= 11 is 0.880. The Morgan fingerprint density at radius 2 is 2.05 bits per heavy atom. The summed E-state index contributed by atoms with van der Waals surface area (Å²) in [5.74, 6) is -1.45. The number of nitrogens with one attached hydrogen (secondary N) is 2. The van der Waals surface area contributed by atoms with Crippen LogP contribution in [0.5, 0.6) is 0 Å². The molecule has 1 unspecified atom stereocenters. The van der Waals surface area contributed by atoms with Gasteiger partial charge in [-0.15, -0.1) is 0 Å². The third-order valence-corrected chi connectivity index (χ3v) is 4.84. The molecule has 1 saturated heterocycles. The molecular formula is C14H24N2O5S. The second kappa shape index (κ2) is 7.43. The van der Waals surface area contributed by atoms with Gasteiger partial charge >= 0.3 is 0 Å². The molecule has 1 heterocycles. The molecule has 1 rings (SSSR count). The molecule has 0 bridgehead atoms. The number of hydrogen-bond acceptors (Lipinski definition) is 6. The Balaban J connectivity index is 2.90. The fourth-order valence-corrected chi connectivity index (χ4v) is 3.41. The lowest BCUT2D eigenvalue weighted by Gasteiger charge is -2.37. The number of hydrogen-bond donors (Lipinski definition) is 4. The minimum absolute atomic E-state index is 0.201. The SMILES string of the molecule is CC(=O)NCCSC(=O)[C@]1(C(O)C(C)C)NC(=O)[C@H](C)[C@@H]1O. The standard InChI is InChI=1S/C14H24N2O5S/c1-7(2)10(18)14(11(19)8(3)12(20)16-14)13(21)22-6-5-15-9(4)17/h7-8,10-11,18-19H,5-6H2,1-4H3,(H,15,17)(H,16,20)/t8-,10?,11+,14-/m1/s1. The Hall–Kier alpha value is -1.12. The van der Waals surface area contributed by atoms with Gasteiger partial charge in [0.1, 0.15) is 0 Å². The van der Waals surface area contributed by atoms with Gasteiger partial charge in [0.05, 0.1) is 18.1 Å². The molecule has 0 radical (unpaired) electrons. The van der Waals surface area contributed by atoms with Crippen LogP contribution in [0.25, 0.3) is 0 Å². The van der Waals surface area contributed by atoms with Crippen molar-refractivity contribution < 1.29 is 24.6 Å². The Labute approximate surface area is 134 Å². The maximum atomic E-state index is 12.6. The zero-order valence-corrected chi connectivity index (χ0v) is 14.1. The van der Waals surface area contributed by atoms with Gasteiger partial charge in [0.15, 0.2) is 5.54 Å². The van der Waals surface area contributed by atoms with E-state index < -0.39 is 34.7 Å². The fraction of sp³-hybridized carbons (Fsp3) is 0.786. The molecule has 1 aliphatic rings. The van der Waals surface area contributed by atoms with Crippen LogP contribution in [0.2, 0.25) is 0 Å². The average Bonchev–Trinajstić information content (AvgIpc) is 2.67. The first kappa shape index (κ1) is 18.9. The molecule has 0 aromatic heterocycles. The topological polar surface area (TPSA) is 116 Å². The van der Waals surface area contributed by atoms with Crippen molar-refractivity contribution in [1.82, 2.24) is 10.6 Å². The van der Waals surface area contributed by atoms with Crippen molar-refractivity contribution in [3.8, 4) is 0 Å². The highest BCUT2D eigenvalue weighted by Gasteiger charge is 2.60. The van der Waals surface area contributed by atoms with Crippen LogP contribution in [-0.4, -0.2) is 57.2 Å². The fourth-order valence-electron chi connectivity index (χ4n) is 2.49. The van der Waals surface area contributed by atoms with Gasteiger partial charge in [0.25, 0.3) is 0 Å². The maximum Gasteiger partial charge on any atom is 0.226 e. The number of carbonyl (C=O) groups excluding carboxylic acids is 3. The molecule has 4 N–H and O–H groups in total. The molecule has 0 spiro atoms. The van der Waals surface area contributed by atoms with Crippen molar-refractivity contribution in [2.24, 2.45) is 11.8 Å². The van der Waals surface area contributed by atoms with Crippen molar-refractivity contribution in [3.05, 3.63) is 0 Å². The van der Waals surface area contributed by atoms with Gasteiger partial charge in [0.2, 0.25) is 16.9 Å². The van der Waals surface area contributed by atoms with E-state index in [-0.39, 0.29) is 11.8 Å². The van der Waals surface area contributed by atoms with Gasteiger partial charge in [0, 0.05) is 19.2 Å². The van der Waals surface area contributed by atoms with E-state index in [0.717, 1.165) is 11.8 Å². The molecule has 0 saturated carbocycles. The summed E-state index contributed by atoms with van der Waals surface area (Å²) < 4.78 is 0. The molecule has 8 heteroatoms. The van der Waals surface area contributed by atoms with Crippen molar-refractivity contribution in [3.63, 3.8) is 0 Å². The summed E-state index contributed by atoms with van der Waals surface area (Å²) in [4.78, 5) is 35.2. The summed E-state index contributed by atoms with van der Waals surface area (Å²) in [5, 5.41) is 25.4. The van der Waals surface area contributed by atoms with E-state index in [1.54, 1.807) is 13.8 Å². The molecule has 0 aliphatic carbocycles. The summed E-state index contributed by atoms with van der Waals surface area (Å²) in [6.45, 7) is 6.61. The highest BCUT2D eigenvalue weighted by molar-refractivity contribution is 8.13. The number of aliphatic hydroxyl groups is 2. The van der Waals surface area contributed by atoms with E-state index in [9.17, 15) is 24.6 Å². The van der Waals surface area contributed by atoms with Crippen molar-refractivity contribution in [2.45, 2.75) is 45.4 Å². The van der Waals surface area contributed by atoms with E-state index in [1.807, 2.05) is 0 Å². The highest BCUT2D eigenvalue weighted by atomic mass is 32.2. The van der Waals surface area contributed by atoms with Crippen molar-refractivity contribution in [2.75, 3.05) is 12.3 Å². The van der Waals surface area contributed by atoms with Gasteiger partial charge in [-0.25, -0.2) is 0 Å². The molecule has 0 aromatic carbocycles. The van der Waals surface area contributed by atoms with Crippen LogP contribution in [0, 0.1) is 11.8 Å². The predicted molar refractivity (Wildman–Crippen MR) is 83.0 cm³/mol. The molecule has 7 nitrogen and oxygen atoms in total. The minimum Gasteiger partial charge on any atom is -0.390 e. The molecular weight excluding hydrogens is 308 g/mol. The molecule has 1 fully saturated rings. The minimum atomic E-state index is -1.70.